The van der Waals surface area contributed by atoms with Crippen LogP contribution in [-0.2, 0) is 14.8 Å². The number of hydrogen-bond donors (Lipinski definition) is 3. The van der Waals surface area contributed by atoms with Crippen molar-refractivity contribution in [2.45, 2.75) is 18.2 Å². The van der Waals surface area contributed by atoms with E-state index in [1.165, 1.54) is 6.07 Å². The van der Waals surface area contributed by atoms with Gasteiger partial charge in [-0.1, -0.05) is 15.9 Å². The Hall–Kier alpha value is -1.45. The van der Waals surface area contributed by atoms with Gasteiger partial charge in [-0.15, -0.1) is 0 Å². The Morgan fingerprint density at radius 3 is 2.50 bits per heavy atom. The smallest absolute Gasteiger partial charge is 0.336 e. The van der Waals surface area contributed by atoms with Crippen LogP contribution in [0.3, 0.4) is 0 Å². The minimum absolute atomic E-state index is 0.116. The molecule has 0 saturated heterocycles. The summed E-state index contributed by atoms with van der Waals surface area (Å²) in [5.74, 6) is -1.86. The van der Waals surface area contributed by atoms with Gasteiger partial charge in [0.15, 0.2) is 0 Å². The van der Waals surface area contributed by atoms with Crippen LogP contribution >= 0.6 is 15.9 Å². The van der Waals surface area contributed by atoms with Crippen LogP contribution in [0.5, 0.6) is 0 Å². The van der Waals surface area contributed by atoms with Gasteiger partial charge in [0.25, 0.3) is 0 Å². The first-order valence-corrected chi connectivity index (χ1v) is 7.74. The second-order valence-electron chi connectivity index (χ2n) is 4.00. The lowest BCUT2D eigenvalue weighted by Crippen LogP contribution is -2.28. The molecule has 1 aromatic carbocycles. The van der Waals surface area contributed by atoms with Crippen LogP contribution in [0.4, 0.5) is 0 Å². The van der Waals surface area contributed by atoms with Crippen LogP contribution in [-0.4, -0.2) is 31.9 Å². The number of halogens is 1. The first kappa shape index (κ1) is 16.6. The molecule has 20 heavy (non-hydrogen) atoms. The van der Waals surface area contributed by atoms with E-state index in [1.54, 1.807) is 6.92 Å². The molecule has 4 N–H and O–H groups in total. The molecule has 1 aromatic rings. The molecule has 0 heterocycles. The number of sulfonamides is 1. The molecule has 0 fully saturated rings. The van der Waals surface area contributed by atoms with Crippen molar-refractivity contribution in [1.82, 2.24) is 4.72 Å². The van der Waals surface area contributed by atoms with Crippen molar-refractivity contribution < 1.29 is 23.1 Å². The lowest BCUT2D eigenvalue weighted by molar-refractivity contribution is -0.117. The number of carbonyl (C=O) groups excluding carboxylic acids is 1. The molecular formula is C11H13BrN2O5S. The summed E-state index contributed by atoms with van der Waals surface area (Å²) in [5, 5.41) is 9.03. The molecule has 110 valence electrons. The van der Waals surface area contributed by atoms with E-state index < -0.39 is 21.9 Å². The predicted octanol–water partition coefficient (Wildman–Crippen LogP) is 0.609. The van der Waals surface area contributed by atoms with Gasteiger partial charge in [-0.25, -0.2) is 17.9 Å². The van der Waals surface area contributed by atoms with E-state index in [9.17, 15) is 18.0 Å². The van der Waals surface area contributed by atoms with Gasteiger partial charge in [0, 0.05) is 17.4 Å². The highest BCUT2D eigenvalue weighted by Crippen LogP contribution is 2.24. The van der Waals surface area contributed by atoms with Crippen molar-refractivity contribution in [3.05, 3.63) is 27.7 Å². The summed E-state index contributed by atoms with van der Waals surface area (Å²) in [6.45, 7) is 1.41. The summed E-state index contributed by atoms with van der Waals surface area (Å²) in [7, 11) is -3.90. The van der Waals surface area contributed by atoms with Crippen molar-refractivity contribution in [2.24, 2.45) is 5.73 Å². The van der Waals surface area contributed by atoms with Gasteiger partial charge in [-0.05, 0) is 24.6 Å². The number of primary amides is 1. The SMILES string of the molecule is Cc1c(Br)cc(S(=O)(=O)NCCC(N)=O)cc1C(=O)O. The summed E-state index contributed by atoms with van der Waals surface area (Å²) in [4.78, 5) is 21.4. The highest BCUT2D eigenvalue weighted by Gasteiger charge is 2.19. The number of aromatic carboxylic acids is 1. The van der Waals surface area contributed by atoms with Crippen LogP contribution in [0.1, 0.15) is 22.3 Å². The highest BCUT2D eigenvalue weighted by molar-refractivity contribution is 9.10. The van der Waals surface area contributed by atoms with E-state index in [0.29, 0.717) is 10.0 Å². The van der Waals surface area contributed by atoms with E-state index in [1.807, 2.05) is 0 Å². The summed E-state index contributed by atoms with van der Waals surface area (Å²) in [6, 6.07) is 2.36. The number of rotatable bonds is 6. The maximum Gasteiger partial charge on any atom is 0.336 e. The number of nitrogens with one attached hydrogen (secondary N) is 1. The number of carboxylic acids is 1. The normalized spacial score (nSPS) is 11.3. The van der Waals surface area contributed by atoms with Crippen LogP contribution in [0.25, 0.3) is 0 Å². The molecule has 0 spiro atoms. The van der Waals surface area contributed by atoms with E-state index >= 15 is 0 Å². The van der Waals surface area contributed by atoms with Gasteiger partial charge < -0.3 is 10.8 Å². The Bertz CT molecular complexity index is 657. The van der Waals surface area contributed by atoms with E-state index in [0.717, 1.165) is 6.07 Å². The fourth-order valence-corrected chi connectivity index (χ4v) is 3.12. The first-order valence-electron chi connectivity index (χ1n) is 5.46. The van der Waals surface area contributed by atoms with Crippen LogP contribution in [0.2, 0.25) is 0 Å². The van der Waals surface area contributed by atoms with Gasteiger partial charge in [-0.2, -0.15) is 0 Å². The topological polar surface area (TPSA) is 127 Å². The highest BCUT2D eigenvalue weighted by atomic mass is 79.9. The maximum absolute atomic E-state index is 12.0. The molecule has 0 aliphatic heterocycles. The van der Waals surface area contributed by atoms with Gasteiger partial charge in [0.05, 0.1) is 10.5 Å². The van der Waals surface area contributed by atoms with Crippen molar-refractivity contribution in [2.75, 3.05) is 6.54 Å². The van der Waals surface area contributed by atoms with E-state index in [4.69, 9.17) is 10.8 Å². The van der Waals surface area contributed by atoms with E-state index in [2.05, 4.69) is 20.7 Å². The zero-order valence-corrected chi connectivity index (χ0v) is 12.9. The third-order valence-electron chi connectivity index (χ3n) is 2.52. The lowest BCUT2D eigenvalue weighted by Gasteiger charge is -2.10. The Morgan fingerprint density at radius 2 is 2.00 bits per heavy atom. The van der Waals surface area contributed by atoms with E-state index in [-0.39, 0.29) is 23.4 Å². The minimum Gasteiger partial charge on any atom is -0.478 e. The number of carboxylic acid groups (broad SMARTS) is 1. The molecule has 9 heteroatoms. The largest absolute Gasteiger partial charge is 0.478 e. The average Bonchev–Trinajstić information content (AvgIpc) is 2.31. The molecular weight excluding hydrogens is 352 g/mol. The molecule has 0 bridgehead atoms. The zero-order valence-electron chi connectivity index (χ0n) is 10.5. The Labute approximate surface area is 124 Å². The Kier molecular flexibility index (Phi) is 5.26. The van der Waals surface area contributed by atoms with Crippen LogP contribution < -0.4 is 10.5 Å². The standard InChI is InChI=1S/C11H13BrN2O5S/c1-6-8(11(16)17)4-7(5-9(6)12)20(18,19)14-3-2-10(13)15/h4-5,14H,2-3H2,1H3,(H2,13,15)(H,16,17). The van der Waals surface area contributed by atoms with Gasteiger partial charge in [-0.3, -0.25) is 4.79 Å². The maximum atomic E-state index is 12.0. The van der Waals surface area contributed by atoms with Crippen LogP contribution in [0, 0.1) is 6.92 Å². The van der Waals surface area contributed by atoms with Gasteiger partial charge in [0.2, 0.25) is 15.9 Å². The van der Waals surface area contributed by atoms with Crippen molar-refractivity contribution >= 4 is 37.8 Å². The molecule has 1 amide bonds. The fraction of sp³-hybridized carbons (Fsp3) is 0.273. The molecule has 0 aliphatic rings. The van der Waals surface area contributed by atoms with Crippen LogP contribution in [0.15, 0.2) is 21.5 Å². The average molecular weight is 365 g/mol. The van der Waals surface area contributed by atoms with Crippen molar-refractivity contribution in [3.63, 3.8) is 0 Å². The third kappa shape index (κ3) is 4.02. The van der Waals surface area contributed by atoms with Gasteiger partial charge in [0.1, 0.15) is 0 Å². The first-order chi connectivity index (χ1) is 9.15. The third-order valence-corrected chi connectivity index (χ3v) is 4.79. The number of carbonyl (C=O) groups is 2. The molecule has 0 aromatic heterocycles. The molecule has 0 aliphatic carbocycles. The monoisotopic (exact) mass is 364 g/mol. The summed E-state index contributed by atoms with van der Waals surface area (Å²) in [5.41, 5.74) is 5.22. The molecule has 0 saturated carbocycles. The predicted molar refractivity (Wildman–Crippen MR) is 74.8 cm³/mol. The quantitative estimate of drug-likeness (QED) is 0.681. The number of benzene rings is 1. The molecule has 0 unspecified atom stereocenters. The van der Waals surface area contributed by atoms with Gasteiger partial charge >= 0.3 is 5.97 Å². The fourth-order valence-electron chi connectivity index (χ4n) is 1.42. The number of amides is 1. The summed E-state index contributed by atoms with van der Waals surface area (Å²) < 4.78 is 26.5. The lowest BCUT2D eigenvalue weighted by atomic mass is 10.1. The Morgan fingerprint density at radius 1 is 1.40 bits per heavy atom. The molecule has 7 nitrogen and oxygen atoms in total. The second kappa shape index (κ2) is 6.33. The molecule has 0 radical (unpaired) electrons. The van der Waals surface area contributed by atoms with Crippen molar-refractivity contribution in [3.8, 4) is 0 Å². The van der Waals surface area contributed by atoms with Crippen molar-refractivity contribution in [1.29, 1.82) is 0 Å². The summed E-state index contributed by atoms with van der Waals surface area (Å²) in [6.07, 6.45) is -0.141. The number of nitrogens with two attached hydrogens (primary N) is 1. The second-order valence-corrected chi connectivity index (χ2v) is 6.62. The molecule has 0 atom stereocenters. The summed E-state index contributed by atoms with van der Waals surface area (Å²) >= 11 is 3.12. The molecule has 1 rings (SSSR count). The number of hydrogen-bond acceptors (Lipinski definition) is 4. The minimum atomic E-state index is -3.90. The zero-order chi connectivity index (χ0) is 15.5. The Balaban J connectivity index is 3.13.